The molecule has 0 N–H and O–H groups in total. The standard InChI is InChI=1S/C56H40S/c1-33-16-13-17-34(2)50(33)55-42-24-9-5-20-38(42)52(39-21-6-10-25-43(39)55)37-30-31-48-47(32-37)54-46(28-15-29-49(54)57-48)53-40-22-7-11-26-44(40)56(45-27-12-8-23-41(45)53)51-35(3)18-14-19-36(51)4/h5-32H,1-4H3. The second-order valence-electron chi connectivity index (χ2n) is 15.7. The summed E-state index contributed by atoms with van der Waals surface area (Å²) in [5, 5.41) is 13.0. The van der Waals surface area contributed by atoms with Gasteiger partial charge in [-0.2, -0.15) is 0 Å². The molecule has 270 valence electrons. The van der Waals surface area contributed by atoms with Gasteiger partial charge in [0.25, 0.3) is 0 Å². The van der Waals surface area contributed by atoms with Crippen molar-refractivity contribution in [2.45, 2.75) is 27.7 Å². The zero-order valence-corrected chi connectivity index (χ0v) is 33.4. The van der Waals surface area contributed by atoms with Crippen LogP contribution in [0, 0.1) is 27.7 Å². The van der Waals surface area contributed by atoms with Crippen LogP contribution in [0.2, 0.25) is 0 Å². The Balaban J connectivity index is 1.23. The fraction of sp³-hybridized carbons (Fsp3) is 0.0714. The van der Waals surface area contributed by atoms with Gasteiger partial charge in [-0.25, -0.2) is 0 Å². The van der Waals surface area contributed by atoms with E-state index in [1.807, 2.05) is 11.3 Å². The van der Waals surface area contributed by atoms with Crippen LogP contribution in [0.4, 0.5) is 0 Å². The third kappa shape index (κ3) is 5.05. The van der Waals surface area contributed by atoms with Crippen LogP contribution in [0.1, 0.15) is 22.3 Å². The van der Waals surface area contributed by atoms with Gasteiger partial charge in [0.15, 0.2) is 0 Å². The predicted molar refractivity (Wildman–Crippen MR) is 250 cm³/mol. The molecule has 1 heterocycles. The minimum atomic E-state index is 1.25. The minimum Gasteiger partial charge on any atom is -0.135 e. The monoisotopic (exact) mass is 744 g/mol. The Labute approximate surface area is 337 Å². The highest BCUT2D eigenvalue weighted by molar-refractivity contribution is 7.26. The van der Waals surface area contributed by atoms with Crippen LogP contribution in [-0.4, -0.2) is 0 Å². The molecule has 0 fully saturated rings. The van der Waals surface area contributed by atoms with Crippen molar-refractivity contribution in [2.75, 3.05) is 0 Å². The molecule has 0 amide bonds. The van der Waals surface area contributed by atoms with E-state index in [1.165, 1.54) is 130 Å². The van der Waals surface area contributed by atoms with E-state index < -0.39 is 0 Å². The van der Waals surface area contributed by atoms with Crippen molar-refractivity contribution < 1.29 is 0 Å². The molecule has 0 radical (unpaired) electrons. The highest BCUT2D eigenvalue weighted by Crippen LogP contribution is 2.50. The van der Waals surface area contributed by atoms with Crippen LogP contribution in [-0.2, 0) is 0 Å². The molecule has 1 aromatic heterocycles. The lowest BCUT2D eigenvalue weighted by molar-refractivity contribution is 1.39. The van der Waals surface area contributed by atoms with E-state index in [0.717, 1.165) is 0 Å². The Bertz CT molecular complexity index is 3290. The number of hydrogen-bond donors (Lipinski definition) is 0. The first-order valence-corrected chi connectivity index (χ1v) is 20.8. The normalized spacial score (nSPS) is 11.9. The summed E-state index contributed by atoms with van der Waals surface area (Å²) in [6.07, 6.45) is 0. The van der Waals surface area contributed by atoms with E-state index in [2.05, 4.69) is 198 Å². The van der Waals surface area contributed by atoms with E-state index in [1.54, 1.807) is 0 Å². The highest BCUT2D eigenvalue weighted by Gasteiger charge is 2.23. The molecule has 10 aromatic carbocycles. The molecule has 0 bridgehead atoms. The highest BCUT2D eigenvalue weighted by atomic mass is 32.1. The molecule has 0 aliphatic rings. The van der Waals surface area contributed by atoms with E-state index >= 15 is 0 Å². The fourth-order valence-electron chi connectivity index (χ4n) is 10.0. The second kappa shape index (κ2) is 13.0. The van der Waals surface area contributed by atoms with Gasteiger partial charge >= 0.3 is 0 Å². The summed E-state index contributed by atoms with van der Waals surface area (Å²) < 4.78 is 2.62. The van der Waals surface area contributed by atoms with Gasteiger partial charge in [-0.1, -0.05) is 152 Å². The van der Waals surface area contributed by atoms with Crippen molar-refractivity contribution in [3.63, 3.8) is 0 Å². The molecule has 0 atom stereocenters. The number of hydrogen-bond acceptors (Lipinski definition) is 1. The van der Waals surface area contributed by atoms with Gasteiger partial charge in [0.05, 0.1) is 0 Å². The SMILES string of the molecule is Cc1cccc(C)c1-c1c2ccccc2c(-c2ccc3sc4cccc(-c5c6ccccc6c(-c6c(C)cccc6C)c6ccccc56)c4c3c2)c2ccccc12. The first kappa shape index (κ1) is 33.8. The first-order chi connectivity index (χ1) is 28.0. The summed E-state index contributed by atoms with van der Waals surface area (Å²) >= 11 is 1.90. The molecule has 0 unspecified atom stereocenters. The lowest BCUT2D eigenvalue weighted by Gasteiger charge is -2.21. The zero-order valence-electron chi connectivity index (χ0n) is 32.6. The van der Waals surface area contributed by atoms with Crippen molar-refractivity contribution in [1.29, 1.82) is 0 Å². The Morgan fingerprint density at radius 3 is 1.11 bits per heavy atom. The smallest absolute Gasteiger partial charge is 0.0361 e. The van der Waals surface area contributed by atoms with Crippen LogP contribution in [0.5, 0.6) is 0 Å². The lowest BCUT2D eigenvalue weighted by atomic mass is 9.82. The Morgan fingerprint density at radius 1 is 0.281 bits per heavy atom. The maximum Gasteiger partial charge on any atom is 0.0361 e. The van der Waals surface area contributed by atoms with Crippen LogP contribution in [0.3, 0.4) is 0 Å². The van der Waals surface area contributed by atoms with Gasteiger partial charge in [-0.05, 0) is 156 Å². The Morgan fingerprint density at radius 2 is 0.667 bits per heavy atom. The van der Waals surface area contributed by atoms with Crippen molar-refractivity contribution >= 4 is 74.6 Å². The molecule has 11 aromatic rings. The molecule has 0 spiro atoms. The van der Waals surface area contributed by atoms with Crippen LogP contribution >= 0.6 is 11.3 Å². The Hall–Kier alpha value is -6.54. The molecule has 11 rings (SSSR count). The summed E-state index contributed by atoms with van der Waals surface area (Å²) in [6, 6.07) is 63.7. The second-order valence-corrected chi connectivity index (χ2v) is 16.8. The van der Waals surface area contributed by atoms with Crippen LogP contribution in [0.25, 0.3) is 108 Å². The van der Waals surface area contributed by atoms with Gasteiger partial charge in [0.2, 0.25) is 0 Å². The van der Waals surface area contributed by atoms with Crippen LogP contribution < -0.4 is 0 Å². The van der Waals surface area contributed by atoms with Gasteiger partial charge in [-0.3, -0.25) is 0 Å². The van der Waals surface area contributed by atoms with E-state index in [4.69, 9.17) is 0 Å². The summed E-state index contributed by atoms with van der Waals surface area (Å²) in [5.41, 5.74) is 15.7. The van der Waals surface area contributed by atoms with Crippen molar-refractivity contribution in [3.8, 4) is 44.5 Å². The molecule has 0 saturated carbocycles. The average molecular weight is 745 g/mol. The molecule has 57 heavy (non-hydrogen) atoms. The number of aryl methyl sites for hydroxylation is 4. The molecule has 0 nitrogen and oxygen atoms in total. The molecular weight excluding hydrogens is 705 g/mol. The van der Waals surface area contributed by atoms with Gasteiger partial charge < -0.3 is 0 Å². The molecule has 0 aliphatic carbocycles. The summed E-state index contributed by atoms with van der Waals surface area (Å²) in [7, 11) is 0. The summed E-state index contributed by atoms with van der Waals surface area (Å²) in [4.78, 5) is 0. The van der Waals surface area contributed by atoms with Crippen molar-refractivity contribution in [3.05, 3.63) is 192 Å². The maximum atomic E-state index is 2.49. The number of benzene rings is 10. The fourth-order valence-corrected chi connectivity index (χ4v) is 11.1. The molecule has 0 saturated heterocycles. The van der Waals surface area contributed by atoms with Gasteiger partial charge in [0, 0.05) is 20.2 Å². The zero-order chi connectivity index (χ0) is 38.4. The van der Waals surface area contributed by atoms with E-state index in [0.29, 0.717) is 0 Å². The van der Waals surface area contributed by atoms with Crippen molar-refractivity contribution in [2.24, 2.45) is 0 Å². The number of fused-ring (bicyclic) bond motifs is 7. The average Bonchev–Trinajstić information content (AvgIpc) is 3.61. The number of rotatable bonds is 4. The molecular formula is C56H40S. The summed E-state index contributed by atoms with van der Waals surface area (Å²) in [5.74, 6) is 0. The maximum absolute atomic E-state index is 2.49. The third-order valence-corrected chi connectivity index (χ3v) is 13.5. The third-order valence-electron chi connectivity index (χ3n) is 12.4. The molecule has 1 heteroatoms. The van der Waals surface area contributed by atoms with Crippen molar-refractivity contribution in [1.82, 2.24) is 0 Å². The van der Waals surface area contributed by atoms with E-state index in [9.17, 15) is 0 Å². The predicted octanol–water partition coefficient (Wildman–Crippen LogP) is 16.6. The lowest BCUT2D eigenvalue weighted by Crippen LogP contribution is -1.94. The minimum absolute atomic E-state index is 1.25. The Kier molecular flexibility index (Phi) is 7.71. The van der Waals surface area contributed by atoms with E-state index in [-0.39, 0.29) is 0 Å². The first-order valence-electron chi connectivity index (χ1n) is 19.9. The molecule has 0 aliphatic heterocycles. The number of thiophene rings is 1. The largest absolute Gasteiger partial charge is 0.135 e. The topological polar surface area (TPSA) is 0 Å². The van der Waals surface area contributed by atoms with Gasteiger partial charge in [0.1, 0.15) is 0 Å². The summed E-state index contributed by atoms with van der Waals surface area (Å²) in [6.45, 7) is 8.99. The van der Waals surface area contributed by atoms with Gasteiger partial charge in [-0.15, -0.1) is 11.3 Å². The van der Waals surface area contributed by atoms with Crippen LogP contribution in [0.15, 0.2) is 170 Å². The quantitative estimate of drug-likeness (QED) is 0.157.